The minimum atomic E-state index is -4.50. The summed E-state index contributed by atoms with van der Waals surface area (Å²) in [4.78, 5) is 0. The molecule has 0 aliphatic heterocycles. The van der Waals surface area contributed by atoms with Gasteiger partial charge in [-0.25, -0.2) is 0 Å². The molecule has 0 heterocycles. The molecule has 0 spiro atoms. The Bertz CT molecular complexity index is 375. The topological polar surface area (TPSA) is 26.3 Å². The monoisotopic (exact) mass is 252 g/mol. The van der Waals surface area contributed by atoms with E-state index in [9.17, 15) is 17.7 Å². The van der Waals surface area contributed by atoms with Crippen molar-refractivity contribution in [3.63, 3.8) is 0 Å². The summed E-state index contributed by atoms with van der Waals surface area (Å²) in [6.45, 7) is 1.51. The first-order chi connectivity index (χ1) is 7.37. The number of alkyl halides is 3. The maximum atomic E-state index is 12.3. The maximum Gasteiger partial charge on any atom is 0.398 e. The van der Waals surface area contributed by atoms with Crippen LogP contribution in [0.25, 0.3) is 0 Å². The first-order valence-electron chi connectivity index (χ1n) is 4.73. The highest BCUT2D eigenvalue weighted by atomic mass is 31.2. The van der Waals surface area contributed by atoms with Gasteiger partial charge in [0.15, 0.2) is 0 Å². The van der Waals surface area contributed by atoms with Gasteiger partial charge in [-0.1, -0.05) is 18.2 Å². The average Bonchev–Trinajstić information content (AvgIpc) is 2.16. The first kappa shape index (κ1) is 13.3. The molecule has 2 nitrogen and oxygen atoms in total. The molecular weight excluding hydrogens is 240 g/mol. The van der Waals surface area contributed by atoms with Gasteiger partial charge in [0, 0.05) is 5.30 Å². The first-order valence-corrected chi connectivity index (χ1v) is 6.54. The van der Waals surface area contributed by atoms with Gasteiger partial charge in [-0.15, -0.1) is 0 Å². The smallest absolute Gasteiger partial charge is 0.325 e. The van der Waals surface area contributed by atoms with Crippen LogP contribution in [0.3, 0.4) is 0 Å². The number of rotatable bonds is 4. The van der Waals surface area contributed by atoms with Gasteiger partial charge >= 0.3 is 6.18 Å². The van der Waals surface area contributed by atoms with E-state index in [1.807, 2.05) is 0 Å². The van der Waals surface area contributed by atoms with Crippen molar-refractivity contribution in [2.24, 2.45) is 0 Å². The predicted molar refractivity (Wildman–Crippen MR) is 56.2 cm³/mol. The van der Waals surface area contributed by atoms with Crippen LogP contribution >= 0.6 is 7.37 Å². The van der Waals surface area contributed by atoms with Gasteiger partial charge in [-0.3, -0.25) is 4.57 Å². The van der Waals surface area contributed by atoms with E-state index in [-0.39, 0.29) is 11.9 Å². The molecule has 1 aromatic rings. The van der Waals surface area contributed by atoms with Crippen LogP contribution in [0, 0.1) is 0 Å². The Morgan fingerprint density at radius 3 is 2.25 bits per heavy atom. The van der Waals surface area contributed by atoms with Crippen molar-refractivity contribution in [2.75, 3.05) is 12.8 Å². The summed E-state index contributed by atoms with van der Waals surface area (Å²) in [5, 5.41) is 0.106. The van der Waals surface area contributed by atoms with Crippen molar-refractivity contribution >= 4 is 12.7 Å². The Balaban J connectivity index is 3.03. The third-order valence-electron chi connectivity index (χ3n) is 1.87. The lowest BCUT2D eigenvalue weighted by Gasteiger charge is -2.19. The zero-order valence-electron chi connectivity index (χ0n) is 8.70. The van der Waals surface area contributed by atoms with Crippen molar-refractivity contribution in [2.45, 2.75) is 13.1 Å². The maximum absolute atomic E-state index is 12.3. The molecule has 1 unspecified atom stereocenters. The van der Waals surface area contributed by atoms with E-state index in [0.29, 0.717) is 0 Å². The van der Waals surface area contributed by atoms with Crippen LogP contribution in [0.5, 0.6) is 0 Å². The summed E-state index contributed by atoms with van der Waals surface area (Å²) in [5.74, 6) is 0. The zero-order valence-corrected chi connectivity index (χ0v) is 9.59. The van der Waals surface area contributed by atoms with Crippen molar-refractivity contribution in [3.8, 4) is 0 Å². The van der Waals surface area contributed by atoms with Crippen molar-refractivity contribution in [3.05, 3.63) is 30.3 Å². The molecule has 1 aromatic carbocycles. The summed E-state index contributed by atoms with van der Waals surface area (Å²) >= 11 is 0. The van der Waals surface area contributed by atoms with E-state index in [1.54, 1.807) is 6.07 Å². The predicted octanol–water partition coefficient (Wildman–Crippen LogP) is 3.19. The summed E-state index contributed by atoms with van der Waals surface area (Å²) in [6, 6.07) is 7.51. The quantitative estimate of drug-likeness (QED) is 0.769. The Kier molecular flexibility index (Phi) is 4.16. The molecule has 0 amide bonds. The Morgan fingerprint density at radius 2 is 1.81 bits per heavy atom. The van der Waals surface area contributed by atoms with E-state index >= 15 is 0 Å². The van der Waals surface area contributed by atoms with E-state index in [2.05, 4.69) is 0 Å². The number of halogens is 3. The van der Waals surface area contributed by atoms with Gasteiger partial charge in [-0.2, -0.15) is 13.2 Å². The third kappa shape index (κ3) is 3.65. The highest BCUT2D eigenvalue weighted by Gasteiger charge is 2.40. The lowest BCUT2D eigenvalue weighted by molar-refractivity contribution is -0.108. The highest BCUT2D eigenvalue weighted by molar-refractivity contribution is 7.67. The van der Waals surface area contributed by atoms with Crippen molar-refractivity contribution in [1.82, 2.24) is 0 Å². The number of benzene rings is 1. The van der Waals surface area contributed by atoms with Crippen molar-refractivity contribution < 1.29 is 22.3 Å². The Labute approximate surface area is 91.9 Å². The molecule has 0 radical (unpaired) electrons. The molecule has 90 valence electrons. The van der Waals surface area contributed by atoms with Crippen LogP contribution in [-0.2, 0) is 9.09 Å². The van der Waals surface area contributed by atoms with Crippen molar-refractivity contribution in [1.29, 1.82) is 0 Å². The molecule has 0 fully saturated rings. The van der Waals surface area contributed by atoms with Gasteiger partial charge < -0.3 is 4.52 Å². The summed E-state index contributed by atoms with van der Waals surface area (Å²) in [7, 11) is -3.82. The molecule has 0 aromatic heterocycles. The fourth-order valence-electron chi connectivity index (χ4n) is 1.31. The SMILES string of the molecule is CCOP(=O)(CC(F)(F)F)c1ccccc1. The second-order valence-electron chi connectivity index (χ2n) is 3.20. The Morgan fingerprint density at radius 1 is 1.25 bits per heavy atom. The highest BCUT2D eigenvalue weighted by Crippen LogP contribution is 2.49. The standard InChI is InChI=1S/C10H12F3O2P/c1-2-15-16(14,8-10(11,12)13)9-6-4-3-5-7-9/h3-7H,2,8H2,1H3. The van der Waals surface area contributed by atoms with Crippen LogP contribution in [0.1, 0.15) is 6.92 Å². The molecule has 0 aliphatic carbocycles. The molecule has 0 bridgehead atoms. The van der Waals surface area contributed by atoms with E-state index in [0.717, 1.165) is 0 Å². The van der Waals surface area contributed by atoms with Gasteiger partial charge in [0.2, 0.25) is 7.37 Å². The molecule has 0 saturated heterocycles. The average molecular weight is 252 g/mol. The lowest BCUT2D eigenvalue weighted by Crippen LogP contribution is -2.21. The molecule has 6 heteroatoms. The van der Waals surface area contributed by atoms with Crippen LogP contribution in [0.15, 0.2) is 30.3 Å². The zero-order chi connectivity index (χ0) is 12.2. The fraction of sp³-hybridized carbons (Fsp3) is 0.400. The van der Waals surface area contributed by atoms with Crippen LogP contribution in [0.4, 0.5) is 13.2 Å². The van der Waals surface area contributed by atoms with Crippen LogP contribution in [0.2, 0.25) is 0 Å². The molecule has 16 heavy (non-hydrogen) atoms. The largest absolute Gasteiger partial charge is 0.398 e. The van der Waals surface area contributed by atoms with Gasteiger partial charge in [-0.05, 0) is 19.1 Å². The summed E-state index contributed by atoms with van der Waals surface area (Å²) in [6.07, 6.45) is -5.92. The number of hydrogen-bond acceptors (Lipinski definition) is 2. The molecule has 1 atom stereocenters. The van der Waals surface area contributed by atoms with E-state index in [4.69, 9.17) is 4.52 Å². The van der Waals surface area contributed by atoms with Crippen LogP contribution in [-0.4, -0.2) is 18.9 Å². The molecule has 0 N–H and O–H groups in total. The minimum absolute atomic E-state index is 0.0117. The summed E-state index contributed by atoms with van der Waals surface area (Å²) in [5.41, 5.74) is 0. The molecular formula is C10H12F3O2P. The molecule has 0 aliphatic rings. The second-order valence-corrected chi connectivity index (χ2v) is 5.64. The van der Waals surface area contributed by atoms with Crippen LogP contribution < -0.4 is 5.30 Å². The normalized spacial score (nSPS) is 15.8. The van der Waals surface area contributed by atoms with Gasteiger partial charge in [0.1, 0.15) is 6.16 Å². The minimum Gasteiger partial charge on any atom is -0.325 e. The number of hydrogen-bond donors (Lipinski definition) is 0. The molecule has 1 rings (SSSR count). The van der Waals surface area contributed by atoms with Gasteiger partial charge in [0.25, 0.3) is 0 Å². The lowest BCUT2D eigenvalue weighted by atomic mass is 10.4. The second kappa shape index (κ2) is 5.02. The van der Waals surface area contributed by atoms with Gasteiger partial charge in [0.05, 0.1) is 6.61 Å². The van der Waals surface area contributed by atoms with E-state index in [1.165, 1.54) is 31.2 Å². The summed E-state index contributed by atoms with van der Waals surface area (Å²) < 4.78 is 53.8. The van der Waals surface area contributed by atoms with E-state index < -0.39 is 19.7 Å². The molecule has 0 saturated carbocycles. The third-order valence-corrected chi connectivity index (χ3v) is 4.41. The Hall–Kier alpha value is -0.800. The fourth-order valence-corrected chi connectivity index (χ4v) is 3.25.